The topological polar surface area (TPSA) is 43.4 Å². The molecule has 0 aromatic rings. The predicted molar refractivity (Wildman–Crippen MR) is 25.0 cm³/mol. The molecule has 0 aliphatic carbocycles. The Morgan fingerprint density at radius 1 is 1.33 bits per heavy atom. The number of hydrogen-bond acceptors (Lipinski definition) is 4. The van der Waals surface area contributed by atoms with Gasteiger partial charge in [0.25, 0.3) is 0 Å². The van der Waals surface area contributed by atoms with Crippen LogP contribution in [-0.4, -0.2) is 13.9 Å². The molecule has 0 heterocycles. The van der Waals surface area contributed by atoms with E-state index < -0.39 is 15.6 Å². The summed E-state index contributed by atoms with van der Waals surface area (Å²) in [6.07, 6.45) is 0. The van der Waals surface area contributed by atoms with E-state index in [9.17, 15) is 21.6 Å². The van der Waals surface area contributed by atoms with Crippen molar-refractivity contribution in [2.45, 2.75) is 5.51 Å². The van der Waals surface area contributed by atoms with Gasteiger partial charge in [-0.2, -0.15) is 25.2 Å². The molecular formula is CHF3O3S2. The van der Waals surface area contributed by atoms with Crippen LogP contribution >= 0.6 is 12.9 Å². The van der Waals surface area contributed by atoms with Crippen molar-refractivity contribution >= 4 is 23.0 Å². The third-order valence-corrected chi connectivity index (χ3v) is 1.73. The molecular weight excluding hydrogens is 181 g/mol. The molecule has 0 fully saturated rings. The van der Waals surface area contributed by atoms with E-state index >= 15 is 0 Å². The first kappa shape index (κ1) is 9.05. The van der Waals surface area contributed by atoms with Gasteiger partial charge in [-0.1, -0.05) is 0 Å². The lowest BCUT2D eigenvalue weighted by Crippen LogP contribution is -2.22. The lowest BCUT2D eigenvalue weighted by atomic mass is 11.6. The average molecular weight is 182 g/mol. The zero-order valence-electron chi connectivity index (χ0n) is 3.71. The summed E-state index contributed by atoms with van der Waals surface area (Å²) in [7, 11) is -5.47. The Hall–Kier alpha value is 0.0500. The monoisotopic (exact) mass is 182 g/mol. The van der Waals surface area contributed by atoms with E-state index in [0.29, 0.717) is 0 Å². The molecule has 0 aromatic carbocycles. The Bertz CT molecular complexity index is 178. The van der Waals surface area contributed by atoms with Crippen LogP contribution in [0.4, 0.5) is 13.2 Å². The highest BCUT2D eigenvalue weighted by atomic mass is 32.3. The zero-order valence-corrected chi connectivity index (χ0v) is 5.43. The summed E-state index contributed by atoms with van der Waals surface area (Å²) in [6, 6.07) is 0. The largest absolute Gasteiger partial charge is 0.524 e. The highest BCUT2D eigenvalue weighted by molar-refractivity contribution is 7.96. The van der Waals surface area contributed by atoms with E-state index in [1.807, 2.05) is 0 Å². The molecule has 0 amide bonds. The van der Waals surface area contributed by atoms with E-state index in [4.69, 9.17) is 0 Å². The van der Waals surface area contributed by atoms with Crippen LogP contribution in [-0.2, 0) is 13.7 Å². The SMILES string of the molecule is O=S(=O)(OS)C(F)(F)F. The fraction of sp³-hybridized carbons (Fsp3) is 1.00. The molecule has 0 atom stereocenters. The highest BCUT2D eigenvalue weighted by Gasteiger charge is 2.47. The second-order valence-electron chi connectivity index (χ2n) is 0.974. The molecule has 0 saturated heterocycles. The molecule has 9 heavy (non-hydrogen) atoms. The van der Waals surface area contributed by atoms with Crippen LogP contribution in [0.5, 0.6) is 0 Å². The number of hydrogen-bond donors (Lipinski definition) is 1. The maximum absolute atomic E-state index is 11.1. The van der Waals surface area contributed by atoms with Gasteiger partial charge in [-0.15, -0.1) is 0 Å². The molecule has 56 valence electrons. The second-order valence-corrected chi connectivity index (χ2v) is 2.94. The molecule has 0 N–H and O–H groups in total. The van der Waals surface area contributed by atoms with E-state index in [1.54, 1.807) is 0 Å². The third-order valence-electron chi connectivity index (χ3n) is 0.382. The minimum absolute atomic E-state index is 2.49. The van der Waals surface area contributed by atoms with Gasteiger partial charge in [-0.3, -0.25) is 0 Å². The fourth-order valence-corrected chi connectivity index (χ4v) is 0.380. The first-order valence-corrected chi connectivity index (χ1v) is 3.23. The van der Waals surface area contributed by atoms with Crippen LogP contribution in [0.3, 0.4) is 0 Å². The van der Waals surface area contributed by atoms with Crippen molar-refractivity contribution in [2.24, 2.45) is 0 Å². The summed E-state index contributed by atoms with van der Waals surface area (Å²) in [4.78, 5) is 0. The molecule has 0 unspecified atom stereocenters. The summed E-state index contributed by atoms with van der Waals surface area (Å²) in [6.45, 7) is 0. The normalized spacial score (nSPS) is 13.8. The Kier molecular flexibility index (Phi) is 2.36. The van der Waals surface area contributed by atoms with Crippen molar-refractivity contribution in [3.05, 3.63) is 0 Å². The molecule has 8 heteroatoms. The van der Waals surface area contributed by atoms with Gasteiger partial charge in [-0.25, -0.2) is 0 Å². The van der Waals surface area contributed by atoms with Gasteiger partial charge in [0.1, 0.15) is 0 Å². The minimum Gasteiger partial charge on any atom is -0.194 e. The van der Waals surface area contributed by atoms with Crippen molar-refractivity contribution < 1.29 is 25.2 Å². The lowest BCUT2D eigenvalue weighted by molar-refractivity contribution is -0.0493. The number of halogens is 3. The van der Waals surface area contributed by atoms with Crippen molar-refractivity contribution in [1.29, 1.82) is 0 Å². The van der Waals surface area contributed by atoms with Gasteiger partial charge in [0.15, 0.2) is 0 Å². The second kappa shape index (κ2) is 2.35. The summed E-state index contributed by atoms with van der Waals surface area (Å²) in [5, 5.41) is 0. The summed E-state index contributed by atoms with van der Waals surface area (Å²) >= 11 is 2.49. The smallest absolute Gasteiger partial charge is 0.194 e. The standard InChI is InChI=1S/CHF3O3S2/c2-1(3,4)9(5,6)7-8/h8H. The van der Waals surface area contributed by atoms with Crippen molar-refractivity contribution in [3.63, 3.8) is 0 Å². The third kappa shape index (κ3) is 2.03. The van der Waals surface area contributed by atoms with E-state index in [-0.39, 0.29) is 0 Å². The Labute approximate surface area is 54.5 Å². The first-order valence-electron chi connectivity index (χ1n) is 1.45. The van der Waals surface area contributed by atoms with Gasteiger partial charge in [0, 0.05) is 0 Å². The summed E-state index contributed by atoms with van der Waals surface area (Å²) in [5.74, 6) is 0. The number of rotatable bonds is 1. The van der Waals surface area contributed by atoms with E-state index in [1.165, 1.54) is 0 Å². The molecule has 0 aliphatic heterocycles. The number of thiol groups is 1. The van der Waals surface area contributed by atoms with Gasteiger partial charge < -0.3 is 0 Å². The van der Waals surface area contributed by atoms with E-state index in [2.05, 4.69) is 16.5 Å². The van der Waals surface area contributed by atoms with Crippen LogP contribution in [0.1, 0.15) is 0 Å². The van der Waals surface area contributed by atoms with Gasteiger partial charge in [0.05, 0.1) is 0 Å². The van der Waals surface area contributed by atoms with Crippen molar-refractivity contribution in [2.75, 3.05) is 0 Å². The van der Waals surface area contributed by atoms with Crippen LogP contribution in [0.15, 0.2) is 0 Å². The summed E-state index contributed by atoms with van der Waals surface area (Å²) in [5.41, 5.74) is -5.38. The Morgan fingerprint density at radius 2 is 1.67 bits per heavy atom. The highest BCUT2D eigenvalue weighted by Crippen LogP contribution is 2.24. The fourth-order valence-electron chi connectivity index (χ4n) is 0.0423. The predicted octanol–water partition coefficient (Wildman–Crippen LogP) is 0.697. The molecule has 0 rings (SSSR count). The van der Waals surface area contributed by atoms with E-state index in [0.717, 1.165) is 0 Å². The van der Waals surface area contributed by atoms with Crippen LogP contribution in [0.25, 0.3) is 0 Å². The van der Waals surface area contributed by atoms with Gasteiger partial charge in [-0.05, 0) is 12.9 Å². The molecule has 0 radical (unpaired) electrons. The van der Waals surface area contributed by atoms with Crippen LogP contribution < -0.4 is 0 Å². The van der Waals surface area contributed by atoms with Crippen LogP contribution in [0, 0.1) is 0 Å². The molecule has 3 nitrogen and oxygen atoms in total. The zero-order chi connectivity index (χ0) is 7.71. The Balaban J connectivity index is 4.57. The van der Waals surface area contributed by atoms with Crippen LogP contribution in [0.2, 0.25) is 0 Å². The molecule has 0 aliphatic rings. The average Bonchev–Trinajstić information content (AvgIpc) is 1.64. The maximum atomic E-state index is 11.1. The Morgan fingerprint density at radius 3 is 1.67 bits per heavy atom. The molecule has 0 saturated carbocycles. The quantitative estimate of drug-likeness (QED) is 0.368. The molecule has 0 spiro atoms. The number of alkyl halides is 3. The summed E-state index contributed by atoms with van der Waals surface area (Å²) < 4.78 is 55.3. The minimum atomic E-state index is -5.47. The van der Waals surface area contributed by atoms with Gasteiger partial charge >= 0.3 is 15.6 Å². The maximum Gasteiger partial charge on any atom is 0.524 e. The lowest BCUT2D eigenvalue weighted by Gasteiger charge is -2.01. The van der Waals surface area contributed by atoms with Gasteiger partial charge in [0.2, 0.25) is 0 Å². The van der Waals surface area contributed by atoms with Crippen molar-refractivity contribution in [1.82, 2.24) is 0 Å². The molecule has 0 bridgehead atoms. The first-order chi connectivity index (χ1) is 3.81. The molecule has 0 aromatic heterocycles. The van der Waals surface area contributed by atoms with Crippen molar-refractivity contribution in [3.8, 4) is 0 Å².